The molecule has 33 heavy (non-hydrogen) atoms. The molecule has 1 aromatic heterocycles. The highest BCUT2D eigenvalue weighted by atomic mass is 32.2. The summed E-state index contributed by atoms with van der Waals surface area (Å²) in [5, 5.41) is 0.931. The van der Waals surface area contributed by atoms with Crippen molar-refractivity contribution in [3.63, 3.8) is 0 Å². The van der Waals surface area contributed by atoms with Crippen molar-refractivity contribution in [2.45, 2.75) is 77.6 Å². The highest BCUT2D eigenvalue weighted by Gasteiger charge is 2.26. The number of hydrogen-bond donors (Lipinski definition) is 0. The van der Waals surface area contributed by atoms with Gasteiger partial charge in [0.1, 0.15) is 0 Å². The number of aromatic nitrogens is 1. The molecule has 0 N–H and O–H groups in total. The van der Waals surface area contributed by atoms with E-state index in [-0.39, 0.29) is 5.75 Å². The summed E-state index contributed by atoms with van der Waals surface area (Å²) < 4.78 is 28.6. The fraction of sp³-hybridized carbons (Fsp3) is 0.464. The highest BCUT2D eigenvalue weighted by molar-refractivity contribution is 7.93. The number of sulfonamides is 1. The molecule has 0 amide bonds. The van der Waals surface area contributed by atoms with Gasteiger partial charge in [-0.3, -0.25) is 4.98 Å². The standard InChI is InChI=1S/C28H38N2O2S/c1-2-3-4-5-6-7-8-9-10-11-15-24-33(31,32)30(26-20-13-12-14-21-26)27-22-16-18-25-19-17-23-29-28(25)27/h12-14,16-23H,2-11,15,24H2,1H3. The van der Waals surface area contributed by atoms with Gasteiger partial charge in [-0.15, -0.1) is 0 Å². The van der Waals surface area contributed by atoms with Gasteiger partial charge in [-0.2, -0.15) is 0 Å². The zero-order valence-corrected chi connectivity index (χ0v) is 20.8. The van der Waals surface area contributed by atoms with Gasteiger partial charge in [0.25, 0.3) is 0 Å². The van der Waals surface area contributed by atoms with Gasteiger partial charge in [-0.05, 0) is 30.7 Å². The summed E-state index contributed by atoms with van der Waals surface area (Å²) in [7, 11) is -3.54. The predicted molar refractivity (Wildman–Crippen MR) is 141 cm³/mol. The van der Waals surface area contributed by atoms with Crippen LogP contribution in [-0.2, 0) is 10.0 Å². The maximum absolute atomic E-state index is 13.5. The van der Waals surface area contributed by atoms with E-state index in [9.17, 15) is 8.42 Å². The van der Waals surface area contributed by atoms with Crippen molar-refractivity contribution in [2.24, 2.45) is 0 Å². The number of fused-ring (bicyclic) bond motifs is 1. The van der Waals surface area contributed by atoms with Gasteiger partial charge in [0.15, 0.2) is 0 Å². The average molecular weight is 467 g/mol. The Morgan fingerprint density at radius 3 is 1.97 bits per heavy atom. The molecular weight excluding hydrogens is 428 g/mol. The first kappa shape index (κ1) is 25.2. The van der Waals surface area contributed by atoms with E-state index in [1.807, 2.05) is 60.7 Å². The number of hydrogen-bond acceptors (Lipinski definition) is 3. The van der Waals surface area contributed by atoms with Crippen LogP contribution in [-0.4, -0.2) is 19.2 Å². The van der Waals surface area contributed by atoms with Crippen molar-refractivity contribution in [2.75, 3.05) is 10.1 Å². The van der Waals surface area contributed by atoms with E-state index in [0.29, 0.717) is 23.3 Å². The summed E-state index contributed by atoms with van der Waals surface area (Å²) in [4.78, 5) is 4.50. The lowest BCUT2D eigenvalue weighted by Gasteiger charge is -2.25. The Hall–Kier alpha value is -2.40. The summed E-state index contributed by atoms with van der Waals surface area (Å²) in [6.45, 7) is 2.25. The van der Waals surface area contributed by atoms with Crippen LogP contribution in [0.15, 0.2) is 66.9 Å². The topological polar surface area (TPSA) is 50.3 Å². The number of nitrogens with zero attached hydrogens (tertiary/aromatic N) is 2. The predicted octanol–water partition coefficient (Wildman–Crippen LogP) is 8.01. The van der Waals surface area contributed by atoms with Gasteiger partial charge in [0.05, 0.1) is 22.6 Å². The Labute approximate surface area is 200 Å². The van der Waals surface area contributed by atoms with Crippen LogP contribution in [0.4, 0.5) is 11.4 Å². The van der Waals surface area contributed by atoms with Crippen molar-refractivity contribution in [1.29, 1.82) is 0 Å². The fourth-order valence-corrected chi connectivity index (χ4v) is 5.95. The quantitative estimate of drug-likeness (QED) is 0.213. The lowest BCUT2D eigenvalue weighted by atomic mass is 10.1. The Morgan fingerprint density at radius 1 is 0.697 bits per heavy atom. The van der Waals surface area contributed by atoms with E-state index < -0.39 is 10.0 Å². The van der Waals surface area contributed by atoms with Gasteiger partial charge >= 0.3 is 0 Å². The third kappa shape index (κ3) is 7.56. The SMILES string of the molecule is CCCCCCCCCCCCCS(=O)(=O)N(c1ccccc1)c1cccc2cccnc12. The summed E-state index contributed by atoms with van der Waals surface area (Å²) in [5.41, 5.74) is 1.97. The number of unbranched alkanes of at least 4 members (excludes halogenated alkanes) is 10. The first-order valence-electron chi connectivity index (χ1n) is 12.6. The van der Waals surface area contributed by atoms with Crippen molar-refractivity contribution >= 4 is 32.3 Å². The third-order valence-electron chi connectivity index (χ3n) is 6.10. The van der Waals surface area contributed by atoms with E-state index >= 15 is 0 Å². The molecule has 0 aliphatic carbocycles. The molecule has 0 unspecified atom stereocenters. The molecule has 0 radical (unpaired) electrons. The summed E-state index contributed by atoms with van der Waals surface area (Å²) in [6.07, 6.45) is 14.9. The molecule has 4 nitrogen and oxygen atoms in total. The van der Waals surface area contributed by atoms with Gasteiger partial charge in [0.2, 0.25) is 10.0 Å². The molecule has 0 saturated carbocycles. The third-order valence-corrected chi connectivity index (χ3v) is 7.87. The van der Waals surface area contributed by atoms with Crippen LogP contribution in [0.1, 0.15) is 77.6 Å². The molecule has 0 aliphatic heterocycles. The molecule has 0 fully saturated rings. The minimum absolute atomic E-state index is 0.141. The molecule has 5 heteroatoms. The van der Waals surface area contributed by atoms with Gasteiger partial charge < -0.3 is 0 Å². The highest BCUT2D eigenvalue weighted by Crippen LogP contribution is 2.34. The Morgan fingerprint density at radius 2 is 1.30 bits per heavy atom. The van der Waals surface area contributed by atoms with Crippen LogP contribution in [0.25, 0.3) is 10.9 Å². The molecule has 1 heterocycles. The molecule has 2 aromatic carbocycles. The molecular formula is C28H38N2O2S. The monoisotopic (exact) mass is 466 g/mol. The van der Waals surface area contributed by atoms with Crippen molar-refractivity contribution in [3.05, 3.63) is 66.9 Å². The number of pyridine rings is 1. The molecule has 0 saturated heterocycles. The van der Waals surface area contributed by atoms with E-state index in [4.69, 9.17) is 0 Å². The summed E-state index contributed by atoms with van der Waals surface area (Å²) in [6, 6.07) is 18.9. The van der Waals surface area contributed by atoms with Crippen molar-refractivity contribution in [3.8, 4) is 0 Å². The molecule has 0 aliphatic rings. The van der Waals surface area contributed by atoms with Crippen LogP contribution in [0.5, 0.6) is 0 Å². The van der Waals surface area contributed by atoms with E-state index in [2.05, 4.69) is 11.9 Å². The fourth-order valence-electron chi connectivity index (χ4n) is 4.30. The van der Waals surface area contributed by atoms with E-state index in [0.717, 1.165) is 18.2 Å². The second kappa shape index (κ2) is 13.3. The first-order valence-corrected chi connectivity index (χ1v) is 14.2. The maximum Gasteiger partial charge on any atom is 0.239 e. The van der Waals surface area contributed by atoms with Crippen LogP contribution >= 0.6 is 0 Å². The van der Waals surface area contributed by atoms with Crippen LogP contribution in [0.3, 0.4) is 0 Å². The number of rotatable bonds is 15. The number of benzene rings is 2. The number of para-hydroxylation sites is 2. The minimum Gasteiger partial charge on any atom is -0.254 e. The second-order valence-electron chi connectivity index (χ2n) is 8.80. The molecule has 0 bridgehead atoms. The van der Waals surface area contributed by atoms with Gasteiger partial charge in [-0.1, -0.05) is 108 Å². The normalized spacial score (nSPS) is 11.7. The lowest BCUT2D eigenvalue weighted by molar-refractivity contribution is 0.551. The van der Waals surface area contributed by atoms with E-state index in [1.54, 1.807) is 6.20 Å². The second-order valence-corrected chi connectivity index (χ2v) is 10.7. The summed E-state index contributed by atoms with van der Waals surface area (Å²) >= 11 is 0. The minimum atomic E-state index is -3.54. The summed E-state index contributed by atoms with van der Waals surface area (Å²) in [5.74, 6) is 0.141. The van der Waals surface area contributed by atoms with Gasteiger partial charge in [0, 0.05) is 11.6 Å². The zero-order chi connectivity index (χ0) is 23.4. The smallest absolute Gasteiger partial charge is 0.239 e. The Kier molecular flexibility index (Phi) is 10.2. The van der Waals surface area contributed by atoms with Gasteiger partial charge in [-0.25, -0.2) is 12.7 Å². The van der Waals surface area contributed by atoms with Crippen LogP contribution in [0, 0.1) is 0 Å². The number of anilines is 2. The molecule has 0 atom stereocenters. The van der Waals surface area contributed by atoms with Crippen molar-refractivity contribution in [1.82, 2.24) is 4.98 Å². The molecule has 3 aromatic rings. The van der Waals surface area contributed by atoms with Crippen LogP contribution in [0.2, 0.25) is 0 Å². The molecule has 178 valence electrons. The lowest BCUT2D eigenvalue weighted by Crippen LogP contribution is -2.29. The largest absolute Gasteiger partial charge is 0.254 e. The zero-order valence-electron chi connectivity index (χ0n) is 20.0. The Bertz CT molecular complexity index is 1060. The average Bonchev–Trinajstić information content (AvgIpc) is 2.83. The molecule has 3 rings (SSSR count). The first-order chi connectivity index (χ1) is 16.1. The Balaban J connectivity index is 1.60. The molecule has 0 spiro atoms. The van der Waals surface area contributed by atoms with E-state index in [1.165, 1.54) is 55.7 Å². The van der Waals surface area contributed by atoms with Crippen molar-refractivity contribution < 1.29 is 8.42 Å². The van der Waals surface area contributed by atoms with Crippen LogP contribution < -0.4 is 4.31 Å². The maximum atomic E-state index is 13.5.